The van der Waals surface area contributed by atoms with E-state index in [1.54, 1.807) is 29.7 Å². The van der Waals surface area contributed by atoms with Crippen LogP contribution in [-0.4, -0.2) is 40.3 Å². The normalized spacial score (nSPS) is 18.1. The summed E-state index contributed by atoms with van der Waals surface area (Å²) in [5, 5.41) is 5.70. The summed E-state index contributed by atoms with van der Waals surface area (Å²) in [5.74, 6) is 0.910. The van der Waals surface area contributed by atoms with E-state index in [1.807, 2.05) is 25.1 Å². The van der Waals surface area contributed by atoms with Crippen LogP contribution >= 0.6 is 11.8 Å². The molecule has 2 rings (SSSR count). The highest BCUT2D eigenvalue weighted by atomic mass is 32.2. The SMILES string of the molecule is CCC(=O)N1CSC[C@@H]1C(=O)N[C@@H](C)c1cccc(NC(C)=O)c1. The minimum absolute atomic E-state index is 0.000425. The number of hydrogen-bond acceptors (Lipinski definition) is 4. The summed E-state index contributed by atoms with van der Waals surface area (Å²) in [6, 6.07) is 6.74. The van der Waals surface area contributed by atoms with Crippen LogP contribution in [-0.2, 0) is 14.4 Å². The summed E-state index contributed by atoms with van der Waals surface area (Å²) in [6.07, 6.45) is 0.401. The average molecular weight is 349 g/mol. The zero-order valence-corrected chi connectivity index (χ0v) is 15.0. The average Bonchev–Trinajstić information content (AvgIpc) is 3.03. The summed E-state index contributed by atoms with van der Waals surface area (Å²) in [4.78, 5) is 37.3. The summed E-state index contributed by atoms with van der Waals surface area (Å²) in [7, 11) is 0. The first-order valence-corrected chi connectivity index (χ1v) is 9.13. The van der Waals surface area contributed by atoms with E-state index in [0.717, 1.165) is 5.56 Å². The second kappa shape index (κ2) is 8.19. The molecule has 2 N–H and O–H groups in total. The predicted molar refractivity (Wildman–Crippen MR) is 95.6 cm³/mol. The molecule has 3 amide bonds. The van der Waals surface area contributed by atoms with Gasteiger partial charge in [0.1, 0.15) is 6.04 Å². The molecular weight excluding hydrogens is 326 g/mol. The summed E-state index contributed by atoms with van der Waals surface area (Å²) in [6.45, 7) is 5.14. The second-order valence-corrected chi connectivity index (χ2v) is 6.77. The molecule has 1 saturated heterocycles. The Bertz CT molecular complexity index is 635. The van der Waals surface area contributed by atoms with E-state index in [0.29, 0.717) is 23.7 Å². The quantitative estimate of drug-likeness (QED) is 0.854. The first kappa shape index (κ1) is 18.3. The molecule has 0 bridgehead atoms. The lowest BCUT2D eigenvalue weighted by Crippen LogP contribution is -2.47. The number of nitrogens with zero attached hydrogens (tertiary/aromatic N) is 1. The first-order valence-electron chi connectivity index (χ1n) is 7.97. The summed E-state index contributed by atoms with van der Waals surface area (Å²) < 4.78 is 0. The van der Waals surface area contributed by atoms with Crippen LogP contribution in [0, 0.1) is 0 Å². The molecule has 0 radical (unpaired) electrons. The van der Waals surface area contributed by atoms with Crippen LogP contribution in [0.4, 0.5) is 5.69 Å². The number of nitrogens with one attached hydrogen (secondary N) is 2. The zero-order valence-electron chi connectivity index (χ0n) is 14.2. The molecule has 0 aliphatic carbocycles. The van der Waals surface area contributed by atoms with Gasteiger partial charge in [-0.05, 0) is 24.6 Å². The third kappa shape index (κ3) is 4.50. The minimum Gasteiger partial charge on any atom is -0.348 e. The number of rotatable bonds is 5. The van der Waals surface area contributed by atoms with Crippen molar-refractivity contribution in [1.82, 2.24) is 10.2 Å². The zero-order chi connectivity index (χ0) is 17.7. The molecular formula is C17H23N3O3S. The molecule has 0 aromatic heterocycles. The third-order valence-electron chi connectivity index (χ3n) is 3.87. The van der Waals surface area contributed by atoms with Crippen molar-refractivity contribution >= 4 is 35.2 Å². The van der Waals surface area contributed by atoms with Gasteiger partial charge < -0.3 is 15.5 Å². The fraction of sp³-hybridized carbons (Fsp3) is 0.471. The van der Waals surface area contributed by atoms with Crippen LogP contribution in [0.25, 0.3) is 0 Å². The smallest absolute Gasteiger partial charge is 0.244 e. The Morgan fingerprint density at radius 2 is 2.12 bits per heavy atom. The Balaban J connectivity index is 2.03. The lowest BCUT2D eigenvalue weighted by Gasteiger charge is -2.24. The molecule has 0 unspecified atom stereocenters. The van der Waals surface area contributed by atoms with Crippen LogP contribution < -0.4 is 10.6 Å². The molecule has 7 heteroatoms. The minimum atomic E-state index is -0.413. The van der Waals surface area contributed by atoms with Gasteiger partial charge in [0.05, 0.1) is 11.9 Å². The number of carbonyl (C=O) groups is 3. The Kier molecular flexibility index (Phi) is 6.25. The molecule has 6 nitrogen and oxygen atoms in total. The van der Waals surface area contributed by atoms with Crippen LogP contribution in [0.2, 0.25) is 0 Å². The van der Waals surface area contributed by atoms with Crippen LogP contribution in [0.5, 0.6) is 0 Å². The van der Waals surface area contributed by atoms with Crippen molar-refractivity contribution < 1.29 is 14.4 Å². The van der Waals surface area contributed by atoms with Gasteiger partial charge in [-0.3, -0.25) is 14.4 Å². The van der Waals surface area contributed by atoms with Gasteiger partial charge in [0.15, 0.2) is 0 Å². The molecule has 1 fully saturated rings. The Labute approximate surface area is 146 Å². The van der Waals surface area contributed by atoms with Gasteiger partial charge in [0, 0.05) is 24.8 Å². The summed E-state index contributed by atoms with van der Waals surface area (Å²) >= 11 is 1.59. The van der Waals surface area contributed by atoms with E-state index >= 15 is 0 Å². The Hall–Kier alpha value is -2.02. The first-order chi connectivity index (χ1) is 11.4. The van der Waals surface area contributed by atoms with Crippen molar-refractivity contribution in [2.45, 2.75) is 39.3 Å². The number of amides is 3. The third-order valence-corrected chi connectivity index (χ3v) is 4.89. The molecule has 1 aromatic carbocycles. The van der Waals surface area contributed by atoms with Gasteiger partial charge in [-0.15, -0.1) is 11.8 Å². The van der Waals surface area contributed by atoms with E-state index in [-0.39, 0.29) is 23.8 Å². The molecule has 1 heterocycles. The van der Waals surface area contributed by atoms with Gasteiger partial charge in [-0.25, -0.2) is 0 Å². The number of thioether (sulfide) groups is 1. The summed E-state index contributed by atoms with van der Waals surface area (Å²) in [5.41, 5.74) is 1.59. The number of anilines is 1. The number of benzene rings is 1. The van der Waals surface area contributed by atoms with Crippen molar-refractivity contribution in [3.63, 3.8) is 0 Å². The molecule has 1 aromatic rings. The lowest BCUT2D eigenvalue weighted by molar-refractivity contribution is -0.138. The van der Waals surface area contributed by atoms with E-state index in [4.69, 9.17) is 0 Å². The fourth-order valence-electron chi connectivity index (χ4n) is 2.59. The highest BCUT2D eigenvalue weighted by Crippen LogP contribution is 2.23. The molecule has 1 aliphatic heterocycles. The van der Waals surface area contributed by atoms with E-state index in [2.05, 4.69) is 10.6 Å². The molecule has 1 aliphatic rings. The Morgan fingerprint density at radius 3 is 2.79 bits per heavy atom. The van der Waals surface area contributed by atoms with E-state index in [9.17, 15) is 14.4 Å². The maximum atomic E-state index is 12.5. The number of hydrogen-bond donors (Lipinski definition) is 2. The molecule has 2 atom stereocenters. The fourth-order valence-corrected chi connectivity index (χ4v) is 3.77. The predicted octanol–water partition coefficient (Wildman–Crippen LogP) is 2.13. The van der Waals surface area contributed by atoms with Crippen molar-refractivity contribution in [3.05, 3.63) is 29.8 Å². The van der Waals surface area contributed by atoms with Gasteiger partial charge in [0.2, 0.25) is 17.7 Å². The molecule has 24 heavy (non-hydrogen) atoms. The highest BCUT2D eigenvalue weighted by Gasteiger charge is 2.34. The van der Waals surface area contributed by atoms with Crippen LogP contribution in [0.15, 0.2) is 24.3 Å². The maximum Gasteiger partial charge on any atom is 0.244 e. The molecule has 0 saturated carbocycles. The van der Waals surface area contributed by atoms with Crippen LogP contribution in [0.1, 0.15) is 38.8 Å². The van der Waals surface area contributed by atoms with Crippen molar-refractivity contribution in [2.24, 2.45) is 0 Å². The van der Waals surface area contributed by atoms with Gasteiger partial charge in [-0.1, -0.05) is 19.1 Å². The van der Waals surface area contributed by atoms with Crippen molar-refractivity contribution in [1.29, 1.82) is 0 Å². The Morgan fingerprint density at radius 1 is 1.38 bits per heavy atom. The second-order valence-electron chi connectivity index (χ2n) is 5.77. The van der Waals surface area contributed by atoms with Gasteiger partial charge >= 0.3 is 0 Å². The van der Waals surface area contributed by atoms with E-state index < -0.39 is 6.04 Å². The largest absolute Gasteiger partial charge is 0.348 e. The molecule has 0 spiro atoms. The maximum absolute atomic E-state index is 12.5. The van der Waals surface area contributed by atoms with Crippen LogP contribution in [0.3, 0.4) is 0 Å². The van der Waals surface area contributed by atoms with E-state index in [1.165, 1.54) is 6.92 Å². The van der Waals surface area contributed by atoms with Gasteiger partial charge in [-0.2, -0.15) is 0 Å². The topological polar surface area (TPSA) is 78.5 Å². The molecule has 130 valence electrons. The number of carbonyl (C=O) groups excluding carboxylic acids is 3. The monoisotopic (exact) mass is 349 g/mol. The van der Waals surface area contributed by atoms with Crippen molar-refractivity contribution in [3.8, 4) is 0 Å². The van der Waals surface area contributed by atoms with Gasteiger partial charge in [0.25, 0.3) is 0 Å². The van der Waals surface area contributed by atoms with Crippen molar-refractivity contribution in [2.75, 3.05) is 16.9 Å². The standard InChI is InChI=1S/C17H23N3O3S/c1-4-16(22)20-10-24-9-15(20)17(23)18-11(2)13-6-5-7-14(8-13)19-12(3)21/h5-8,11,15H,4,9-10H2,1-3H3,(H,18,23)(H,19,21)/t11-,15+/m0/s1. The highest BCUT2D eigenvalue weighted by molar-refractivity contribution is 7.99. The lowest BCUT2D eigenvalue weighted by atomic mass is 10.1.